The number of benzene rings is 1. The van der Waals surface area contributed by atoms with Crippen molar-refractivity contribution in [1.82, 2.24) is 5.32 Å². The Hall–Kier alpha value is -1.02. The average Bonchev–Trinajstić information content (AvgIpc) is 3.06. The Labute approximate surface area is 105 Å². The van der Waals surface area contributed by atoms with Crippen LogP contribution in [0.4, 0.5) is 5.69 Å². The fourth-order valence-corrected chi connectivity index (χ4v) is 2.06. The van der Waals surface area contributed by atoms with E-state index >= 15 is 0 Å². The summed E-state index contributed by atoms with van der Waals surface area (Å²) >= 11 is 0. The molecule has 0 radical (unpaired) electrons. The zero-order chi connectivity index (χ0) is 12.5. The van der Waals surface area contributed by atoms with Crippen molar-refractivity contribution in [1.29, 1.82) is 0 Å². The summed E-state index contributed by atoms with van der Waals surface area (Å²) < 4.78 is 0. The minimum absolute atomic E-state index is 0.559. The van der Waals surface area contributed by atoms with Gasteiger partial charge in [-0.25, -0.2) is 0 Å². The van der Waals surface area contributed by atoms with Crippen LogP contribution in [0.15, 0.2) is 24.3 Å². The lowest BCUT2D eigenvalue weighted by Gasteiger charge is -2.20. The van der Waals surface area contributed by atoms with Crippen LogP contribution in [-0.4, -0.2) is 20.1 Å². The summed E-state index contributed by atoms with van der Waals surface area (Å²) in [7, 11) is 4.15. The van der Waals surface area contributed by atoms with Crippen LogP contribution in [0.2, 0.25) is 0 Å². The van der Waals surface area contributed by atoms with Gasteiger partial charge in [-0.15, -0.1) is 0 Å². The lowest BCUT2D eigenvalue weighted by Crippen LogP contribution is -2.32. The van der Waals surface area contributed by atoms with Gasteiger partial charge in [-0.2, -0.15) is 0 Å². The third kappa shape index (κ3) is 3.01. The molecule has 1 aliphatic carbocycles. The number of hydrogen-bond acceptors (Lipinski definition) is 2. The maximum absolute atomic E-state index is 3.64. The maximum Gasteiger partial charge on any atom is 0.0361 e. The third-order valence-corrected chi connectivity index (χ3v) is 4.15. The van der Waals surface area contributed by atoms with Crippen LogP contribution < -0.4 is 10.2 Å². The molecular formula is C15H24N2. The quantitative estimate of drug-likeness (QED) is 0.839. The maximum atomic E-state index is 3.64. The van der Waals surface area contributed by atoms with E-state index < -0.39 is 0 Å². The Morgan fingerprint density at radius 1 is 1.24 bits per heavy atom. The smallest absolute Gasteiger partial charge is 0.0361 e. The van der Waals surface area contributed by atoms with Crippen molar-refractivity contribution < 1.29 is 0 Å². The minimum atomic E-state index is 0.559. The van der Waals surface area contributed by atoms with Gasteiger partial charge in [0.05, 0.1) is 0 Å². The number of rotatable bonds is 5. The molecule has 1 atom stereocenters. The van der Waals surface area contributed by atoms with Gasteiger partial charge in [0.2, 0.25) is 0 Å². The first-order valence-electron chi connectivity index (χ1n) is 6.51. The van der Waals surface area contributed by atoms with E-state index in [2.05, 4.69) is 62.4 Å². The third-order valence-electron chi connectivity index (χ3n) is 4.15. The fraction of sp³-hybridized carbons (Fsp3) is 0.600. The van der Waals surface area contributed by atoms with Crippen molar-refractivity contribution in [2.24, 2.45) is 5.41 Å². The highest BCUT2D eigenvalue weighted by Gasteiger charge is 2.41. The van der Waals surface area contributed by atoms with Gasteiger partial charge in [-0.05, 0) is 42.9 Å². The highest BCUT2D eigenvalue weighted by Crippen LogP contribution is 2.47. The van der Waals surface area contributed by atoms with E-state index in [4.69, 9.17) is 0 Å². The van der Waals surface area contributed by atoms with Gasteiger partial charge < -0.3 is 10.2 Å². The van der Waals surface area contributed by atoms with E-state index in [1.165, 1.54) is 24.1 Å². The van der Waals surface area contributed by atoms with Crippen LogP contribution in [0.3, 0.4) is 0 Å². The molecule has 0 saturated heterocycles. The molecule has 0 bridgehead atoms. The Bertz CT molecular complexity index is 363. The highest BCUT2D eigenvalue weighted by molar-refractivity contribution is 5.45. The molecule has 0 spiro atoms. The topological polar surface area (TPSA) is 15.3 Å². The van der Waals surface area contributed by atoms with Crippen molar-refractivity contribution in [3.05, 3.63) is 29.8 Å². The summed E-state index contributed by atoms with van der Waals surface area (Å²) in [5, 5.41) is 3.64. The molecule has 1 N–H and O–H groups in total. The first-order chi connectivity index (χ1) is 8.01. The van der Waals surface area contributed by atoms with Gasteiger partial charge in [0, 0.05) is 32.4 Å². The van der Waals surface area contributed by atoms with Crippen molar-refractivity contribution >= 4 is 5.69 Å². The average molecular weight is 232 g/mol. The second-order valence-electron chi connectivity index (χ2n) is 5.82. The molecule has 2 nitrogen and oxygen atoms in total. The van der Waals surface area contributed by atoms with Gasteiger partial charge in [-0.3, -0.25) is 0 Å². The van der Waals surface area contributed by atoms with E-state index in [-0.39, 0.29) is 0 Å². The summed E-state index contributed by atoms with van der Waals surface area (Å²) in [6.45, 7) is 5.66. The molecule has 17 heavy (non-hydrogen) atoms. The van der Waals surface area contributed by atoms with Crippen LogP contribution in [0.1, 0.15) is 32.3 Å². The van der Waals surface area contributed by atoms with Crippen LogP contribution in [0.5, 0.6) is 0 Å². The zero-order valence-corrected chi connectivity index (χ0v) is 11.5. The van der Waals surface area contributed by atoms with E-state index in [0.717, 1.165) is 6.54 Å². The van der Waals surface area contributed by atoms with E-state index in [1.807, 2.05) is 0 Å². The molecule has 1 aromatic rings. The number of hydrogen-bond donors (Lipinski definition) is 1. The molecular weight excluding hydrogens is 208 g/mol. The van der Waals surface area contributed by atoms with Crippen LogP contribution >= 0.6 is 0 Å². The molecule has 94 valence electrons. The summed E-state index contributed by atoms with van der Waals surface area (Å²) in [6, 6.07) is 9.41. The molecule has 1 saturated carbocycles. The molecule has 1 unspecified atom stereocenters. The standard InChI is InChI=1S/C15H24N2/c1-12(15(2)9-10-15)16-11-13-5-7-14(8-6-13)17(3)4/h5-8,12,16H,9-11H2,1-4H3. The second-order valence-corrected chi connectivity index (χ2v) is 5.82. The fourth-order valence-electron chi connectivity index (χ4n) is 2.06. The summed E-state index contributed by atoms with van der Waals surface area (Å²) in [5.41, 5.74) is 3.19. The molecule has 0 amide bonds. The van der Waals surface area contributed by atoms with E-state index in [0.29, 0.717) is 11.5 Å². The predicted octanol–water partition coefficient (Wildman–Crippen LogP) is 3.03. The second kappa shape index (κ2) is 4.69. The first-order valence-corrected chi connectivity index (χ1v) is 6.51. The molecule has 2 heteroatoms. The Balaban J connectivity index is 1.86. The van der Waals surface area contributed by atoms with Crippen LogP contribution in [0.25, 0.3) is 0 Å². The Morgan fingerprint density at radius 3 is 2.29 bits per heavy atom. The molecule has 1 aliphatic rings. The largest absolute Gasteiger partial charge is 0.378 e. The van der Waals surface area contributed by atoms with Crippen LogP contribution in [-0.2, 0) is 6.54 Å². The van der Waals surface area contributed by atoms with Gasteiger partial charge in [0.15, 0.2) is 0 Å². The van der Waals surface area contributed by atoms with Gasteiger partial charge in [0.1, 0.15) is 0 Å². The Kier molecular flexibility index (Phi) is 3.43. The van der Waals surface area contributed by atoms with Crippen molar-refractivity contribution in [2.45, 2.75) is 39.3 Å². The highest BCUT2D eigenvalue weighted by atomic mass is 15.1. The normalized spacial score (nSPS) is 18.8. The van der Waals surface area contributed by atoms with Crippen molar-refractivity contribution in [3.8, 4) is 0 Å². The molecule has 2 rings (SSSR count). The monoisotopic (exact) mass is 232 g/mol. The van der Waals surface area contributed by atoms with E-state index in [9.17, 15) is 0 Å². The summed E-state index contributed by atoms with van der Waals surface area (Å²) in [4.78, 5) is 2.13. The molecule has 0 aliphatic heterocycles. The van der Waals surface area contributed by atoms with Gasteiger partial charge >= 0.3 is 0 Å². The SMILES string of the molecule is CC(NCc1ccc(N(C)C)cc1)C1(C)CC1. The lowest BCUT2D eigenvalue weighted by atomic mass is 10.0. The van der Waals surface area contributed by atoms with Crippen molar-refractivity contribution in [2.75, 3.05) is 19.0 Å². The molecule has 0 aromatic heterocycles. The zero-order valence-electron chi connectivity index (χ0n) is 11.5. The number of nitrogens with one attached hydrogen (secondary N) is 1. The lowest BCUT2D eigenvalue weighted by molar-refractivity contribution is 0.380. The minimum Gasteiger partial charge on any atom is -0.378 e. The first kappa shape index (κ1) is 12.4. The Morgan fingerprint density at radius 2 is 1.82 bits per heavy atom. The summed E-state index contributed by atoms with van der Waals surface area (Å²) in [6.07, 6.45) is 2.75. The molecule has 1 aromatic carbocycles. The number of anilines is 1. The van der Waals surface area contributed by atoms with Crippen molar-refractivity contribution in [3.63, 3.8) is 0 Å². The van der Waals surface area contributed by atoms with Gasteiger partial charge in [0.25, 0.3) is 0 Å². The predicted molar refractivity (Wildman–Crippen MR) is 74.4 cm³/mol. The summed E-state index contributed by atoms with van der Waals surface area (Å²) in [5.74, 6) is 0. The van der Waals surface area contributed by atoms with Gasteiger partial charge in [-0.1, -0.05) is 19.1 Å². The molecule has 1 fully saturated rings. The molecule has 0 heterocycles. The van der Waals surface area contributed by atoms with E-state index in [1.54, 1.807) is 0 Å². The number of nitrogens with zero attached hydrogens (tertiary/aromatic N) is 1. The van der Waals surface area contributed by atoms with Crippen LogP contribution in [0, 0.1) is 5.41 Å².